The molecule has 0 aliphatic heterocycles. The van der Waals surface area contributed by atoms with Gasteiger partial charge >= 0.3 is 0 Å². The van der Waals surface area contributed by atoms with E-state index in [0.29, 0.717) is 0 Å². The molecule has 0 unspecified atom stereocenters. The minimum absolute atomic E-state index is 0.843. The van der Waals surface area contributed by atoms with Crippen LogP contribution in [-0.2, 0) is 0 Å². The summed E-state index contributed by atoms with van der Waals surface area (Å²) < 4.78 is 1.16. The van der Waals surface area contributed by atoms with Crippen molar-refractivity contribution in [2.45, 2.75) is 27.7 Å². The number of benzene rings is 3. The molecule has 164 valence electrons. The first-order chi connectivity index (χ1) is 16.0. The summed E-state index contributed by atoms with van der Waals surface area (Å²) in [5, 5.41) is 4.42. The summed E-state index contributed by atoms with van der Waals surface area (Å²) in [6.07, 6.45) is 0. The lowest BCUT2D eigenvalue weighted by Gasteiger charge is -2.23. The Labute approximate surface area is 198 Å². The fourth-order valence-electron chi connectivity index (χ4n) is 3.72. The van der Waals surface area contributed by atoms with Gasteiger partial charge < -0.3 is 5.32 Å². The van der Waals surface area contributed by atoms with Crippen LogP contribution in [0.25, 0.3) is 10.2 Å². The first-order valence-corrected chi connectivity index (χ1v) is 11.8. The van der Waals surface area contributed by atoms with Gasteiger partial charge in [-0.25, -0.2) is 9.97 Å². The number of pyridine rings is 1. The van der Waals surface area contributed by atoms with E-state index in [-0.39, 0.29) is 0 Å². The first-order valence-electron chi connectivity index (χ1n) is 11.0. The van der Waals surface area contributed by atoms with E-state index in [1.165, 1.54) is 16.7 Å². The molecule has 0 spiro atoms. The zero-order valence-electron chi connectivity index (χ0n) is 19.3. The Morgan fingerprint density at radius 2 is 1.42 bits per heavy atom. The molecule has 0 atom stereocenters. The predicted octanol–water partition coefficient (Wildman–Crippen LogP) is 8.14. The maximum atomic E-state index is 5.08. The largest absolute Gasteiger partial charge is 0.340 e. The third-order valence-electron chi connectivity index (χ3n) is 5.83. The Hall–Kier alpha value is -3.70. The van der Waals surface area contributed by atoms with Gasteiger partial charge in [0.25, 0.3) is 0 Å². The lowest BCUT2D eigenvalue weighted by atomic mass is 10.1. The number of nitrogens with zero attached hydrogens (tertiary/aromatic N) is 3. The molecule has 2 aromatic heterocycles. The normalized spacial score (nSPS) is 11.0. The van der Waals surface area contributed by atoms with Gasteiger partial charge in [0.15, 0.2) is 5.13 Å². The van der Waals surface area contributed by atoms with E-state index in [4.69, 9.17) is 9.97 Å². The van der Waals surface area contributed by atoms with Crippen LogP contribution in [0.2, 0.25) is 0 Å². The second-order valence-corrected chi connectivity index (χ2v) is 9.41. The molecule has 0 amide bonds. The van der Waals surface area contributed by atoms with E-state index >= 15 is 0 Å². The van der Waals surface area contributed by atoms with E-state index in [1.807, 2.05) is 6.07 Å². The second kappa shape index (κ2) is 8.68. The Balaban J connectivity index is 1.64. The fourth-order valence-corrected chi connectivity index (χ4v) is 4.72. The van der Waals surface area contributed by atoms with E-state index < -0.39 is 0 Å². The highest BCUT2D eigenvalue weighted by Crippen LogP contribution is 2.40. The van der Waals surface area contributed by atoms with Crippen LogP contribution in [0.1, 0.15) is 22.3 Å². The molecule has 0 radical (unpaired) electrons. The van der Waals surface area contributed by atoms with Crippen molar-refractivity contribution >= 4 is 49.7 Å². The molecule has 4 nitrogen and oxygen atoms in total. The van der Waals surface area contributed by atoms with E-state index in [1.54, 1.807) is 11.3 Å². The molecule has 0 aliphatic rings. The zero-order chi connectivity index (χ0) is 22.9. The van der Waals surface area contributed by atoms with Gasteiger partial charge in [0.05, 0.1) is 10.2 Å². The van der Waals surface area contributed by atoms with Crippen LogP contribution in [0.4, 0.5) is 28.1 Å². The Morgan fingerprint density at radius 1 is 0.758 bits per heavy atom. The number of hydrogen-bond acceptors (Lipinski definition) is 5. The monoisotopic (exact) mass is 450 g/mol. The van der Waals surface area contributed by atoms with Crippen LogP contribution in [0.5, 0.6) is 0 Å². The number of rotatable bonds is 5. The summed E-state index contributed by atoms with van der Waals surface area (Å²) in [6.45, 7) is 8.43. The lowest BCUT2D eigenvalue weighted by molar-refractivity contribution is 1.13. The van der Waals surface area contributed by atoms with Crippen LogP contribution in [0, 0.1) is 27.7 Å². The fraction of sp³-hybridized carbons (Fsp3) is 0.143. The number of aryl methyl sites for hydroxylation is 3. The van der Waals surface area contributed by atoms with Gasteiger partial charge in [0.1, 0.15) is 11.6 Å². The van der Waals surface area contributed by atoms with Crippen molar-refractivity contribution in [3.63, 3.8) is 0 Å². The van der Waals surface area contributed by atoms with Gasteiger partial charge in [-0.05, 0) is 81.3 Å². The summed E-state index contributed by atoms with van der Waals surface area (Å²) in [4.78, 5) is 12.2. The van der Waals surface area contributed by atoms with Gasteiger partial charge in [-0.2, -0.15) is 0 Å². The summed E-state index contributed by atoms with van der Waals surface area (Å²) in [6, 6.07) is 27.3. The van der Waals surface area contributed by atoms with Crippen molar-refractivity contribution in [1.29, 1.82) is 0 Å². The van der Waals surface area contributed by atoms with Crippen molar-refractivity contribution < 1.29 is 0 Å². The first kappa shape index (κ1) is 21.2. The average Bonchev–Trinajstić information content (AvgIpc) is 3.23. The molecular weight excluding hydrogens is 424 g/mol. The van der Waals surface area contributed by atoms with Crippen molar-refractivity contribution in [3.05, 3.63) is 101 Å². The molecule has 2 heterocycles. The maximum Gasteiger partial charge on any atom is 0.196 e. The second-order valence-electron chi connectivity index (χ2n) is 8.40. The molecule has 1 N–H and O–H groups in total. The lowest BCUT2D eigenvalue weighted by Crippen LogP contribution is -2.13. The van der Waals surface area contributed by atoms with E-state index in [9.17, 15) is 0 Å². The molecule has 0 bridgehead atoms. The average molecular weight is 451 g/mol. The Morgan fingerprint density at radius 3 is 2.12 bits per heavy atom. The molecule has 0 fully saturated rings. The summed E-state index contributed by atoms with van der Waals surface area (Å²) in [5.41, 5.74) is 7.82. The summed E-state index contributed by atoms with van der Waals surface area (Å²) in [7, 11) is 0. The van der Waals surface area contributed by atoms with Gasteiger partial charge in [-0.3, -0.25) is 4.90 Å². The summed E-state index contributed by atoms with van der Waals surface area (Å²) in [5.74, 6) is 1.70. The highest BCUT2D eigenvalue weighted by atomic mass is 32.1. The van der Waals surface area contributed by atoms with Crippen LogP contribution < -0.4 is 10.2 Å². The minimum Gasteiger partial charge on any atom is -0.340 e. The van der Waals surface area contributed by atoms with Crippen molar-refractivity contribution in [2.24, 2.45) is 0 Å². The molecule has 5 aromatic rings. The highest BCUT2D eigenvalue weighted by molar-refractivity contribution is 7.22. The summed E-state index contributed by atoms with van der Waals surface area (Å²) >= 11 is 1.68. The third-order valence-corrected chi connectivity index (χ3v) is 6.85. The number of nitrogens with one attached hydrogen (secondary N) is 1. The zero-order valence-corrected chi connectivity index (χ0v) is 20.1. The van der Waals surface area contributed by atoms with E-state index in [0.717, 1.165) is 43.9 Å². The van der Waals surface area contributed by atoms with Gasteiger partial charge in [-0.1, -0.05) is 58.9 Å². The topological polar surface area (TPSA) is 41.1 Å². The smallest absolute Gasteiger partial charge is 0.196 e. The number of para-hydroxylation sites is 1. The number of hydrogen-bond donors (Lipinski definition) is 1. The van der Waals surface area contributed by atoms with Crippen LogP contribution >= 0.6 is 11.3 Å². The van der Waals surface area contributed by atoms with Crippen LogP contribution in [0.3, 0.4) is 0 Å². The Bertz CT molecular complexity index is 1390. The van der Waals surface area contributed by atoms with Crippen molar-refractivity contribution in [2.75, 3.05) is 10.2 Å². The van der Waals surface area contributed by atoms with Gasteiger partial charge in [0, 0.05) is 11.4 Å². The number of thiazole rings is 1. The van der Waals surface area contributed by atoms with Crippen LogP contribution in [-0.4, -0.2) is 9.97 Å². The van der Waals surface area contributed by atoms with Gasteiger partial charge in [0.2, 0.25) is 0 Å². The predicted molar refractivity (Wildman–Crippen MR) is 141 cm³/mol. The number of anilines is 5. The number of fused-ring (bicyclic) bond motifs is 1. The molecule has 33 heavy (non-hydrogen) atoms. The SMILES string of the molecule is Cc1ccc(Nc2nc(N(c3ccc(C)cc3)c3nc4ccccc4s3)cc(C)c2C)cc1. The van der Waals surface area contributed by atoms with E-state index in [2.05, 4.69) is 111 Å². The Kier molecular flexibility index (Phi) is 5.56. The molecule has 5 heteroatoms. The number of aromatic nitrogens is 2. The molecule has 3 aromatic carbocycles. The van der Waals surface area contributed by atoms with Gasteiger partial charge in [-0.15, -0.1) is 0 Å². The maximum absolute atomic E-state index is 5.08. The molecular formula is C28H26N4S. The van der Waals surface area contributed by atoms with Crippen molar-refractivity contribution in [3.8, 4) is 0 Å². The standard InChI is InChI=1S/C28H26N4S/c1-18-9-13-22(14-10-18)29-27-21(4)20(3)17-26(31-27)32(23-15-11-19(2)12-16-23)28-30-24-7-5-6-8-25(24)33-28/h5-17H,1-4H3,(H,29,31). The molecule has 0 aliphatic carbocycles. The molecule has 0 saturated heterocycles. The highest BCUT2D eigenvalue weighted by Gasteiger charge is 2.20. The molecule has 5 rings (SSSR count). The third kappa shape index (κ3) is 4.32. The minimum atomic E-state index is 0.843. The van der Waals surface area contributed by atoms with Crippen molar-refractivity contribution in [1.82, 2.24) is 9.97 Å². The van der Waals surface area contributed by atoms with Crippen LogP contribution in [0.15, 0.2) is 78.9 Å². The molecule has 0 saturated carbocycles. The quantitative estimate of drug-likeness (QED) is 0.293.